The highest BCUT2D eigenvalue weighted by Gasteiger charge is 2.28. The molecule has 1 aromatic heterocycles. The third kappa shape index (κ3) is 3.12. The van der Waals surface area contributed by atoms with Crippen molar-refractivity contribution in [2.75, 3.05) is 32.0 Å². The van der Waals surface area contributed by atoms with E-state index in [0.29, 0.717) is 36.7 Å². The van der Waals surface area contributed by atoms with Gasteiger partial charge in [-0.2, -0.15) is 0 Å². The van der Waals surface area contributed by atoms with Crippen LogP contribution in [0.15, 0.2) is 0 Å². The van der Waals surface area contributed by atoms with Gasteiger partial charge in [0.2, 0.25) is 0 Å². The Morgan fingerprint density at radius 1 is 1.60 bits per heavy atom. The fourth-order valence-electron chi connectivity index (χ4n) is 2.42. The number of carbonyl (C=O) groups excluding carboxylic acids is 1. The highest BCUT2D eigenvalue weighted by molar-refractivity contribution is 7.16. The first kappa shape index (κ1) is 15.2. The van der Waals surface area contributed by atoms with Crippen LogP contribution in [0.3, 0.4) is 0 Å². The van der Waals surface area contributed by atoms with E-state index in [1.807, 2.05) is 4.90 Å². The Kier molecular flexibility index (Phi) is 4.98. The van der Waals surface area contributed by atoms with Gasteiger partial charge in [-0.1, -0.05) is 0 Å². The summed E-state index contributed by atoms with van der Waals surface area (Å²) in [7, 11) is 0. The van der Waals surface area contributed by atoms with Gasteiger partial charge in [0.15, 0.2) is 0 Å². The highest BCUT2D eigenvalue weighted by Crippen LogP contribution is 2.35. The van der Waals surface area contributed by atoms with Crippen LogP contribution in [0.1, 0.15) is 27.7 Å². The summed E-state index contributed by atoms with van der Waals surface area (Å²) in [6, 6.07) is 0. The highest BCUT2D eigenvalue weighted by atomic mass is 32.1. The number of carbonyl (C=O) groups is 1. The molecule has 0 bridgehead atoms. The predicted octanol–water partition coefficient (Wildman–Crippen LogP) is 0.218. The van der Waals surface area contributed by atoms with Crippen molar-refractivity contribution in [3.05, 3.63) is 16.0 Å². The average molecular weight is 300 g/mol. The van der Waals surface area contributed by atoms with Crippen LogP contribution in [-0.2, 0) is 17.7 Å². The van der Waals surface area contributed by atoms with Crippen LogP contribution in [0.25, 0.3) is 0 Å². The van der Waals surface area contributed by atoms with Gasteiger partial charge in [-0.25, -0.2) is 4.79 Å². The minimum atomic E-state index is -0.738. The van der Waals surface area contributed by atoms with E-state index in [2.05, 4.69) is 0 Å². The first-order valence-electron chi connectivity index (χ1n) is 6.65. The standard InChI is InChI=1S/C13H20N2O4S/c1-2-19-13(18)11-9-3-4-15(5-8(17)7-16)6-10(9)20-12(11)14/h8,16-17H,2-7,14H2,1H3. The van der Waals surface area contributed by atoms with Gasteiger partial charge >= 0.3 is 5.97 Å². The van der Waals surface area contributed by atoms with Crippen molar-refractivity contribution >= 4 is 22.3 Å². The molecule has 2 rings (SSSR count). The second-order valence-electron chi connectivity index (χ2n) is 4.79. The zero-order chi connectivity index (χ0) is 14.7. The number of nitrogens with zero attached hydrogens (tertiary/aromatic N) is 1. The molecular weight excluding hydrogens is 280 g/mol. The number of rotatable bonds is 5. The molecule has 112 valence electrons. The van der Waals surface area contributed by atoms with E-state index < -0.39 is 6.10 Å². The molecule has 1 aromatic rings. The molecule has 0 spiro atoms. The zero-order valence-electron chi connectivity index (χ0n) is 11.5. The summed E-state index contributed by atoms with van der Waals surface area (Å²) >= 11 is 1.40. The SMILES string of the molecule is CCOC(=O)c1c(N)sc2c1CCN(CC(O)CO)C2. The summed E-state index contributed by atoms with van der Waals surface area (Å²) in [4.78, 5) is 15.0. The Labute approximate surface area is 121 Å². The molecule has 1 unspecified atom stereocenters. The minimum Gasteiger partial charge on any atom is -0.462 e. The summed E-state index contributed by atoms with van der Waals surface area (Å²) in [5.74, 6) is -0.355. The molecule has 0 amide bonds. The van der Waals surface area contributed by atoms with Crippen LogP contribution < -0.4 is 5.73 Å². The molecule has 1 atom stereocenters. The van der Waals surface area contributed by atoms with Crippen molar-refractivity contribution in [2.45, 2.75) is 26.0 Å². The number of nitrogen functional groups attached to an aromatic ring is 1. The molecule has 0 aromatic carbocycles. The lowest BCUT2D eigenvalue weighted by atomic mass is 10.0. The van der Waals surface area contributed by atoms with Crippen LogP contribution in [0.5, 0.6) is 0 Å². The van der Waals surface area contributed by atoms with Crippen molar-refractivity contribution in [2.24, 2.45) is 0 Å². The lowest BCUT2D eigenvalue weighted by Gasteiger charge is -2.28. The van der Waals surface area contributed by atoms with Gasteiger partial charge in [-0.05, 0) is 18.9 Å². The van der Waals surface area contributed by atoms with Crippen molar-refractivity contribution in [3.8, 4) is 0 Å². The maximum Gasteiger partial charge on any atom is 0.341 e. The van der Waals surface area contributed by atoms with E-state index in [1.165, 1.54) is 11.3 Å². The van der Waals surface area contributed by atoms with Gasteiger partial charge in [-0.15, -0.1) is 11.3 Å². The number of ether oxygens (including phenoxy) is 1. The molecule has 1 aliphatic rings. The number of thiophene rings is 1. The van der Waals surface area contributed by atoms with E-state index in [9.17, 15) is 9.90 Å². The normalized spacial score (nSPS) is 16.8. The largest absolute Gasteiger partial charge is 0.462 e. The van der Waals surface area contributed by atoms with Crippen LogP contribution in [-0.4, -0.2) is 53.5 Å². The molecule has 0 fully saturated rings. The lowest BCUT2D eigenvalue weighted by Crippen LogP contribution is -2.37. The number of fused-ring (bicyclic) bond motifs is 1. The zero-order valence-corrected chi connectivity index (χ0v) is 12.3. The first-order valence-corrected chi connectivity index (χ1v) is 7.46. The maximum absolute atomic E-state index is 11.9. The Balaban J connectivity index is 2.15. The minimum absolute atomic E-state index is 0.246. The van der Waals surface area contributed by atoms with Crippen molar-refractivity contribution in [1.29, 1.82) is 0 Å². The molecule has 4 N–H and O–H groups in total. The van der Waals surface area contributed by atoms with Crippen LogP contribution >= 0.6 is 11.3 Å². The fraction of sp³-hybridized carbons (Fsp3) is 0.615. The maximum atomic E-state index is 11.9. The number of hydrogen-bond acceptors (Lipinski definition) is 7. The molecule has 2 heterocycles. The van der Waals surface area contributed by atoms with E-state index in [0.717, 1.165) is 17.0 Å². The Morgan fingerprint density at radius 3 is 3.00 bits per heavy atom. The number of nitrogens with two attached hydrogens (primary N) is 1. The topological polar surface area (TPSA) is 96.0 Å². The summed E-state index contributed by atoms with van der Waals surface area (Å²) < 4.78 is 5.04. The van der Waals surface area contributed by atoms with Crippen molar-refractivity contribution < 1.29 is 19.7 Å². The number of esters is 1. The van der Waals surface area contributed by atoms with Gasteiger partial charge in [-0.3, -0.25) is 4.90 Å². The van der Waals surface area contributed by atoms with Gasteiger partial charge in [0.1, 0.15) is 5.00 Å². The Bertz CT molecular complexity index is 489. The second-order valence-corrected chi connectivity index (χ2v) is 5.92. The van der Waals surface area contributed by atoms with Crippen molar-refractivity contribution in [1.82, 2.24) is 4.90 Å². The Morgan fingerprint density at radius 2 is 2.35 bits per heavy atom. The molecule has 1 aliphatic heterocycles. The van der Waals surface area contributed by atoms with Gasteiger partial charge in [0.25, 0.3) is 0 Å². The number of aliphatic hydroxyl groups excluding tert-OH is 2. The molecular formula is C13H20N2O4S. The van der Waals surface area contributed by atoms with Crippen molar-refractivity contribution in [3.63, 3.8) is 0 Å². The molecule has 7 heteroatoms. The smallest absolute Gasteiger partial charge is 0.341 e. The monoisotopic (exact) mass is 300 g/mol. The average Bonchev–Trinajstić information content (AvgIpc) is 2.74. The van der Waals surface area contributed by atoms with Crippen LogP contribution in [0, 0.1) is 0 Å². The molecule has 0 aliphatic carbocycles. The lowest BCUT2D eigenvalue weighted by molar-refractivity contribution is 0.0515. The van der Waals surface area contributed by atoms with Gasteiger partial charge in [0.05, 0.1) is 24.9 Å². The molecule has 0 saturated carbocycles. The Hall–Kier alpha value is -1.15. The molecule has 20 heavy (non-hydrogen) atoms. The number of β-amino-alcohol motifs (C(OH)–C–C–N with tert-alkyl or cyclic N) is 1. The van der Waals surface area contributed by atoms with E-state index in [1.54, 1.807) is 6.92 Å². The van der Waals surface area contributed by atoms with Crippen LogP contribution in [0.4, 0.5) is 5.00 Å². The van der Waals surface area contributed by atoms with Crippen LogP contribution in [0.2, 0.25) is 0 Å². The number of hydrogen-bond donors (Lipinski definition) is 3. The van der Waals surface area contributed by atoms with E-state index in [-0.39, 0.29) is 12.6 Å². The summed E-state index contributed by atoms with van der Waals surface area (Å²) in [6.45, 7) is 3.64. The number of anilines is 1. The molecule has 0 saturated heterocycles. The molecule has 0 radical (unpaired) electrons. The predicted molar refractivity (Wildman–Crippen MR) is 76.8 cm³/mol. The first-order chi connectivity index (χ1) is 9.56. The number of aliphatic hydroxyl groups is 2. The summed E-state index contributed by atoms with van der Waals surface area (Å²) in [5.41, 5.74) is 7.42. The van der Waals surface area contributed by atoms with Gasteiger partial charge < -0.3 is 20.7 Å². The molecule has 6 nitrogen and oxygen atoms in total. The fourth-order valence-corrected chi connectivity index (χ4v) is 3.56. The van der Waals surface area contributed by atoms with Gasteiger partial charge in [0, 0.05) is 24.5 Å². The quantitative estimate of drug-likeness (QED) is 0.673. The summed E-state index contributed by atoms with van der Waals surface area (Å²) in [6.07, 6.45) is -0.0339. The van der Waals surface area contributed by atoms with E-state index >= 15 is 0 Å². The summed E-state index contributed by atoms with van der Waals surface area (Å²) in [5, 5.41) is 18.9. The third-order valence-corrected chi connectivity index (χ3v) is 4.37. The third-order valence-electron chi connectivity index (χ3n) is 3.32. The second kappa shape index (κ2) is 6.53. The van der Waals surface area contributed by atoms with E-state index in [4.69, 9.17) is 15.6 Å².